The monoisotopic (exact) mass is 214 g/mol. The molecule has 1 atom stereocenters. The predicted molar refractivity (Wildman–Crippen MR) is 60.5 cm³/mol. The summed E-state index contributed by atoms with van der Waals surface area (Å²) in [5.74, 6) is 0. The molecule has 1 aromatic carbocycles. The first-order valence-electron chi connectivity index (χ1n) is 3.88. The van der Waals surface area contributed by atoms with Crippen molar-refractivity contribution in [2.75, 3.05) is 6.54 Å². The van der Waals surface area contributed by atoms with Gasteiger partial charge in [-0.05, 0) is 5.56 Å². The molecule has 70 valence electrons. The van der Waals surface area contributed by atoms with Gasteiger partial charge in [0.15, 0.2) is 5.17 Å². The fraction of sp³-hybridized carbons (Fsp3) is 0.222. The van der Waals surface area contributed by atoms with E-state index in [1.165, 1.54) is 5.56 Å². The van der Waals surface area contributed by atoms with Crippen LogP contribution in [0, 0.1) is 0 Å². The molecule has 2 N–H and O–H groups in total. The van der Waals surface area contributed by atoms with E-state index in [1.54, 1.807) is 11.8 Å². The predicted octanol–water partition coefficient (Wildman–Crippen LogP) is 2.21. The van der Waals surface area contributed by atoms with Crippen LogP contribution in [0.15, 0.2) is 35.3 Å². The molecule has 2 nitrogen and oxygen atoms in total. The van der Waals surface area contributed by atoms with Gasteiger partial charge in [0.2, 0.25) is 0 Å². The maximum atomic E-state index is 5.58. The number of hydrogen-bond donors (Lipinski definition) is 1. The summed E-state index contributed by atoms with van der Waals surface area (Å²) in [5.41, 5.74) is 6.89. The van der Waals surface area contributed by atoms with E-state index in [0.29, 0.717) is 10.4 Å². The van der Waals surface area contributed by atoms with Crippen LogP contribution in [-0.2, 0) is 0 Å². The van der Waals surface area contributed by atoms with Crippen LogP contribution in [0.2, 0.25) is 0 Å². The van der Waals surface area contributed by atoms with Crippen molar-refractivity contribution in [1.82, 2.24) is 0 Å². The summed E-state index contributed by atoms with van der Waals surface area (Å²) in [4.78, 5) is 4.15. The Morgan fingerprint density at radius 2 is 2.00 bits per heavy atom. The lowest BCUT2D eigenvalue weighted by Crippen LogP contribution is -2.02. The van der Waals surface area contributed by atoms with Crippen LogP contribution in [0.3, 0.4) is 0 Å². The largest absolute Gasteiger partial charge is 0.379 e. The highest BCUT2D eigenvalue weighted by atomic mass is 35.5. The Kier molecular flexibility index (Phi) is 3.63. The number of thioether (sulfide) groups is 1. The minimum absolute atomic E-state index is 0. The maximum Gasteiger partial charge on any atom is 0.154 e. The topological polar surface area (TPSA) is 38.4 Å². The Labute approximate surface area is 88.0 Å². The number of benzene rings is 1. The molecule has 0 fully saturated rings. The van der Waals surface area contributed by atoms with Gasteiger partial charge < -0.3 is 5.73 Å². The molecular formula is C9H11ClN2S. The molecule has 0 bridgehead atoms. The van der Waals surface area contributed by atoms with Crippen molar-refractivity contribution in [3.8, 4) is 0 Å². The van der Waals surface area contributed by atoms with E-state index in [9.17, 15) is 0 Å². The summed E-state index contributed by atoms with van der Waals surface area (Å²) in [6.07, 6.45) is 0. The van der Waals surface area contributed by atoms with E-state index in [-0.39, 0.29) is 12.4 Å². The van der Waals surface area contributed by atoms with E-state index in [0.717, 1.165) is 6.54 Å². The van der Waals surface area contributed by atoms with Crippen LogP contribution < -0.4 is 5.73 Å². The first kappa shape index (κ1) is 10.4. The maximum absolute atomic E-state index is 5.58. The van der Waals surface area contributed by atoms with Crippen molar-refractivity contribution in [3.05, 3.63) is 35.9 Å². The van der Waals surface area contributed by atoms with Crippen molar-refractivity contribution < 1.29 is 0 Å². The molecule has 13 heavy (non-hydrogen) atoms. The number of halogens is 1. The second kappa shape index (κ2) is 4.53. The van der Waals surface area contributed by atoms with Gasteiger partial charge >= 0.3 is 0 Å². The Bertz CT molecular complexity index is 300. The van der Waals surface area contributed by atoms with E-state index in [2.05, 4.69) is 17.1 Å². The molecule has 0 radical (unpaired) electrons. The van der Waals surface area contributed by atoms with Gasteiger partial charge in [0, 0.05) is 0 Å². The van der Waals surface area contributed by atoms with Gasteiger partial charge in [0.1, 0.15) is 0 Å². The van der Waals surface area contributed by atoms with Crippen LogP contribution in [0.5, 0.6) is 0 Å². The van der Waals surface area contributed by atoms with Crippen molar-refractivity contribution in [1.29, 1.82) is 0 Å². The number of rotatable bonds is 1. The summed E-state index contributed by atoms with van der Waals surface area (Å²) in [6.45, 7) is 0.820. The van der Waals surface area contributed by atoms with Crippen LogP contribution in [-0.4, -0.2) is 11.7 Å². The fourth-order valence-electron chi connectivity index (χ4n) is 1.23. The Morgan fingerprint density at radius 3 is 2.54 bits per heavy atom. The zero-order valence-corrected chi connectivity index (χ0v) is 8.65. The number of nitrogens with zero attached hydrogens (tertiary/aromatic N) is 1. The summed E-state index contributed by atoms with van der Waals surface area (Å²) < 4.78 is 0. The molecule has 0 saturated carbocycles. The van der Waals surface area contributed by atoms with E-state index in [4.69, 9.17) is 5.73 Å². The third-order valence-corrected chi connectivity index (χ3v) is 2.92. The average molecular weight is 215 g/mol. The SMILES string of the molecule is Cl.NC1=NCC(c2ccccc2)S1. The van der Waals surface area contributed by atoms with Gasteiger partial charge in [0.25, 0.3) is 0 Å². The highest BCUT2D eigenvalue weighted by Gasteiger charge is 2.18. The van der Waals surface area contributed by atoms with Gasteiger partial charge in [-0.15, -0.1) is 12.4 Å². The lowest BCUT2D eigenvalue weighted by molar-refractivity contribution is 0.965. The fourth-order valence-corrected chi connectivity index (χ4v) is 2.12. The first-order chi connectivity index (χ1) is 5.86. The Morgan fingerprint density at radius 1 is 1.31 bits per heavy atom. The molecule has 2 rings (SSSR count). The molecule has 1 unspecified atom stereocenters. The van der Waals surface area contributed by atoms with E-state index >= 15 is 0 Å². The number of amidine groups is 1. The molecule has 0 aliphatic carbocycles. The highest BCUT2D eigenvalue weighted by Crippen LogP contribution is 2.33. The van der Waals surface area contributed by atoms with Crippen molar-refractivity contribution in [3.63, 3.8) is 0 Å². The minimum atomic E-state index is 0. The summed E-state index contributed by atoms with van der Waals surface area (Å²) >= 11 is 1.65. The van der Waals surface area contributed by atoms with Crippen molar-refractivity contribution in [2.45, 2.75) is 5.25 Å². The zero-order chi connectivity index (χ0) is 8.39. The van der Waals surface area contributed by atoms with Gasteiger partial charge in [-0.1, -0.05) is 42.1 Å². The molecule has 4 heteroatoms. The summed E-state index contributed by atoms with van der Waals surface area (Å²) in [5, 5.41) is 1.15. The lowest BCUT2D eigenvalue weighted by Gasteiger charge is -2.06. The van der Waals surface area contributed by atoms with Gasteiger partial charge in [-0.2, -0.15) is 0 Å². The van der Waals surface area contributed by atoms with Crippen LogP contribution >= 0.6 is 24.2 Å². The number of hydrogen-bond acceptors (Lipinski definition) is 3. The van der Waals surface area contributed by atoms with E-state index in [1.807, 2.05) is 18.2 Å². The van der Waals surface area contributed by atoms with Gasteiger partial charge in [-0.3, -0.25) is 4.99 Å². The normalized spacial score (nSPS) is 20.6. The molecule has 1 heterocycles. The molecule has 1 aliphatic heterocycles. The molecule has 1 aromatic rings. The molecule has 1 aliphatic rings. The van der Waals surface area contributed by atoms with Crippen molar-refractivity contribution in [2.24, 2.45) is 10.7 Å². The molecule has 0 spiro atoms. The molecule has 0 amide bonds. The zero-order valence-electron chi connectivity index (χ0n) is 7.01. The van der Waals surface area contributed by atoms with Crippen LogP contribution in [0.4, 0.5) is 0 Å². The first-order valence-corrected chi connectivity index (χ1v) is 4.76. The number of nitrogens with two attached hydrogens (primary N) is 1. The average Bonchev–Trinajstić information content (AvgIpc) is 2.54. The second-order valence-corrected chi connectivity index (χ2v) is 3.92. The lowest BCUT2D eigenvalue weighted by atomic mass is 10.1. The highest BCUT2D eigenvalue weighted by molar-refractivity contribution is 8.14. The van der Waals surface area contributed by atoms with E-state index < -0.39 is 0 Å². The van der Waals surface area contributed by atoms with Crippen LogP contribution in [0.25, 0.3) is 0 Å². The quantitative estimate of drug-likeness (QED) is 0.779. The molecular weight excluding hydrogens is 204 g/mol. The Balaban J connectivity index is 0.000000845. The Hall–Kier alpha value is -0.670. The smallest absolute Gasteiger partial charge is 0.154 e. The van der Waals surface area contributed by atoms with Crippen LogP contribution in [0.1, 0.15) is 10.8 Å². The minimum Gasteiger partial charge on any atom is -0.379 e. The standard InChI is InChI=1S/C9H10N2S.ClH/c10-9-11-6-8(12-9)7-4-2-1-3-5-7;/h1-5,8H,6H2,(H2,10,11);1H. The number of aliphatic imine (C=N–C) groups is 1. The van der Waals surface area contributed by atoms with Gasteiger partial charge in [-0.25, -0.2) is 0 Å². The van der Waals surface area contributed by atoms with Crippen molar-refractivity contribution >= 4 is 29.3 Å². The third-order valence-electron chi connectivity index (χ3n) is 1.85. The van der Waals surface area contributed by atoms with Gasteiger partial charge in [0.05, 0.1) is 11.8 Å². The third kappa shape index (κ3) is 2.39. The summed E-state index contributed by atoms with van der Waals surface area (Å²) in [6, 6.07) is 10.3. The molecule has 0 aromatic heterocycles. The summed E-state index contributed by atoms with van der Waals surface area (Å²) in [7, 11) is 0. The molecule has 0 saturated heterocycles. The second-order valence-electron chi connectivity index (χ2n) is 2.70.